The lowest BCUT2D eigenvalue weighted by atomic mass is 9.69. The van der Waals surface area contributed by atoms with Crippen molar-refractivity contribution in [1.82, 2.24) is 0 Å². The summed E-state index contributed by atoms with van der Waals surface area (Å²) in [6.45, 7) is 3.45. The van der Waals surface area contributed by atoms with Crippen LogP contribution in [0.4, 0.5) is 0 Å². The van der Waals surface area contributed by atoms with Crippen molar-refractivity contribution < 1.29 is 33.6 Å². The van der Waals surface area contributed by atoms with Crippen molar-refractivity contribution in [2.75, 3.05) is 6.61 Å². The molecular formula is C33H36O7. The lowest BCUT2D eigenvalue weighted by Gasteiger charge is -2.52. The highest BCUT2D eigenvalue weighted by Crippen LogP contribution is 2.43. The first-order chi connectivity index (χ1) is 19.3. The van der Waals surface area contributed by atoms with Crippen LogP contribution in [0.15, 0.2) is 103 Å². The summed E-state index contributed by atoms with van der Waals surface area (Å²) in [4.78, 5) is 25.1. The maximum Gasteiger partial charge on any atom is 0.302 e. The standard InChI is InChI=1S/C33H36O7/c1-25(34)37-20-12-19-33(40-24-28-17-10-5-11-18-28)30(36)21-29(35)32(2,39-23-27-15-8-4-9-16-27)31(33)38-22-26-13-6-3-7-14-26/h3-19,30-31,36H,20-24H2,1-2H3/b19-12+/t30-,31-,32+,33+/m0/s1. The molecule has 1 fully saturated rings. The number of carbonyl (C=O) groups excluding carboxylic acids is 2. The van der Waals surface area contributed by atoms with Gasteiger partial charge in [0.05, 0.1) is 25.9 Å². The van der Waals surface area contributed by atoms with E-state index < -0.39 is 29.4 Å². The van der Waals surface area contributed by atoms with Crippen LogP contribution in [-0.4, -0.2) is 46.9 Å². The summed E-state index contributed by atoms with van der Waals surface area (Å²) in [5.74, 6) is -0.725. The first-order valence-electron chi connectivity index (χ1n) is 13.4. The summed E-state index contributed by atoms with van der Waals surface area (Å²) >= 11 is 0. The average Bonchev–Trinajstić information content (AvgIpc) is 2.97. The van der Waals surface area contributed by atoms with Crippen molar-refractivity contribution in [2.24, 2.45) is 0 Å². The Bertz CT molecular complexity index is 1260. The zero-order chi connectivity index (χ0) is 28.4. The predicted molar refractivity (Wildman–Crippen MR) is 150 cm³/mol. The minimum atomic E-state index is -1.50. The Labute approximate surface area is 235 Å². The first-order valence-corrected chi connectivity index (χ1v) is 13.4. The number of ether oxygens (including phenoxy) is 4. The third-order valence-corrected chi connectivity index (χ3v) is 7.10. The number of aliphatic hydroxyl groups is 1. The van der Waals surface area contributed by atoms with Gasteiger partial charge in [0.1, 0.15) is 18.3 Å². The molecule has 0 aliphatic heterocycles. The van der Waals surface area contributed by atoms with Gasteiger partial charge in [0.25, 0.3) is 0 Å². The molecule has 0 spiro atoms. The molecule has 0 unspecified atom stereocenters. The van der Waals surface area contributed by atoms with Gasteiger partial charge in [-0.3, -0.25) is 9.59 Å². The SMILES string of the molecule is CC(=O)OC/C=C/[C@]1(OCc2ccccc2)[C@@H](OCc2ccccc2)[C@](C)(OCc2ccccc2)C(=O)C[C@@H]1O. The first kappa shape index (κ1) is 29.4. The fraction of sp³-hybridized carbons (Fsp3) is 0.333. The topological polar surface area (TPSA) is 91.3 Å². The van der Waals surface area contributed by atoms with Crippen LogP contribution in [0.3, 0.4) is 0 Å². The minimum Gasteiger partial charge on any atom is -0.462 e. The predicted octanol–water partition coefficient (Wildman–Crippen LogP) is 4.96. The third-order valence-electron chi connectivity index (χ3n) is 7.10. The maximum atomic E-state index is 13.6. The molecule has 7 heteroatoms. The van der Waals surface area contributed by atoms with Gasteiger partial charge < -0.3 is 24.1 Å². The molecule has 3 aromatic carbocycles. The van der Waals surface area contributed by atoms with Gasteiger partial charge >= 0.3 is 5.97 Å². The second-order valence-corrected chi connectivity index (χ2v) is 10.0. The molecule has 0 amide bonds. The van der Waals surface area contributed by atoms with Crippen molar-refractivity contribution in [3.8, 4) is 0 Å². The molecule has 1 N–H and O–H groups in total. The van der Waals surface area contributed by atoms with Crippen LogP contribution in [0, 0.1) is 0 Å². The largest absolute Gasteiger partial charge is 0.462 e. The number of Topliss-reactive ketones (excluding diaryl/α,β-unsaturated/α-hetero) is 1. The second kappa shape index (κ2) is 13.6. The number of aliphatic hydroxyl groups excluding tert-OH is 1. The van der Waals surface area contributed by atoms with Crippen LogP contribution in [0.5, 0.6) is 0 Å². The fourth-order valence-electron chi connectivity index (χ4n) is 4.89. The number of hydrogen-bond donors (Lipinski definition) is 1. The number of ketones is 1. The number of carbonyl (C=O) groups is 2. The molecule has 1 saturated carbocycles. The zero-order valence-corrected chi connectivity index (χ0v) is 22.9. The van der Waals surface area contributed by atoms with Gasteiger partial charge in [0.2, 0.25) is 0 Å². The van der Waals surface area contributed by atoms with E-state index in [1.165, 1.54) is 6.92 Å². The van der Waals surface area contributed by atoms with Crippen LogP contribution in [-0.2, 0) is 48.4 Å². The van der Waals surface area contributed by atoms with Crippen molar-refractivity contribution >= 4 is 11.8 Å². The summed E-state index contributed by atoms with van der Waals surface area (Å²) in [6.07, 6.45) is 0.768. The van der Waals surface area contributed by atoms with Crippen molar-refractivity contribution in [3.63, 3.8) is 0 Å². The van der Waals surface area contributed by atoms with Gasteiger partial charge in [0, 0.05) is 13.3 Å². The number of rotatable bonds is 12. The van der Waals surface area contributed by atoms with Gasteiger partial charge in [-0.2, -0.15) is 0 Å². The Morgan fingerprint density at radius 3 is 1.88 bits per heavy atom. The summed E-state index contributed by atoms with van der Waals surface area (Å²) in [7, 11) is 0. The lowest BCUT2D eigenvalue weighted by molar-refractivity contribution is -0.256. The molecular weight excluding hydrogens is 508 g/mol. The molecule has 7 nitrogen and oxygen atoms in total. The Balaban J connectivity index is 1.74. The van der Waals surface area contributed by atoms with E-state index in [2.05, 4.69) is 0 Å². The maximum absolute atomic E-state index is 13.6. The molecule has 40 heavy (non-hydrogen) atoms. The van der Waals surface area contributed by atoms with Crippen LogP contribution in [0.2, 0.25) is 0 Å². The monoisotopic (exact) mass is 544 g/mol. The van der Waals surface area contributed by atoms with E-state index in [-0.39, 0.29) is 38.6 Å². The Morgan fingerprint density at radius 1 is 0.850 bits per heavy atom. The van der Waals surface area contributed by atoms with Crippen LogP contribution in [0.25, 0.3) is 0 Å². The second-order valence-electron chi connectivity index (χ2n) is 10.0. The van der Waals surface area contributed by atoms with E-state index in [1.54, 1.807) is 19.1 Å². The molecule has 4 atom stereocenters. The Hall–Kier alpha value is -3.62. The van der Waals surface area contributed by atoms with Crippen molar-refractivity contribution in [2.45, 2.75) is 63.5 Å². The van der Waals surface area contributed by atoms with Crippen LogP contribution >= 0.6 is 0 Å². The average molecular weight is 545 g/mol. The van der Waals surface area contributed by atoms with Crippen LogP contribution < -0.4 is 0 Å². The van der Waals surface area contributed by atoms with Gasteiger partial charge in [-0.15, -0.1) is 0 Å². The van der Waals surface area contributed by atoms with E-state index in [0.29, 0.717) is 0 Å². The molecule has 3 aromatic rings. The van der Waals surface area contributed by atoms with E-state index in [9.17, 15) is 14.7 Å². The highest BCUT2D eigenvalue weighted by Gasteiger charge is 2.62. The fourth-order valence-corrected chi connectivity index (χ4v) is 4.89. The minimum absolute atomic E-state index is 0.0283. The third kappa shape index (κ3) is 7.11. The van der Waals surface area contributed by atoms with Gasteiger partial charge in [-0.25, -0.2) is 0 Å². The highest BCUT2D eigenvalue weighted by atomic mass is 16.6. The van der Waals surface area contributed by atoms with E-state index in [0.717, 1.165) is 16.7 Å². The zero-order valence-electron chi connectivity index (χ0n) is 22.9. The summed E-state index contributed by atoms with van der Waals surface area (Å²) < 4.78 is 24.5. The van der Waals surface area contributed by atoms with E-state index >= 15 is 0 Å². The smallest absolute Gasteiger partial charge is 0.302 e. The van der Waals surface area contributed by atoms with Crippen molar-refractivity contribution in [3.05, 3.63) is 120 Å². The molecule has 1 aliphatic carbocycles. The Morgan fingerprint density at radius 2 is 1.35 bits per heavy atom. The molecule has 210 valence electrons. The molecule has 0 bridgehead atoms. The summed E-state index contributed by atoms with van der Waals surface area (Å²) in [5.41, 5.74) is -0.295. The normalized spacial score (nSPS) is 24.7. The molecule has 1 aliphatic rings. The van der Waals surface area contributed by atoms with Crippen molar-refractivity contribution in [1.29, 1.82) is 0 Å². The van der Waals surface area contributed by atoms with Gasteiger partial charge in [-0.05, 0) is 35.8 Å². The quantitative estimate of drug-likeness (QED) is 0.255. The number of hydrogen-bond acceptors (Lipinski definition) is 7. The van der Waals surface area contributed by atoms with Gasteiger partial charge in [0.15, 0.2) is 11.4 Å². The number of benzene rings is 3. The molecule has 0 aromatic heterocycles. The summed E-state index contributed by atoms with van der Waals surface area (Å²) in [5, 5.41) is 11.5. The van der Waals surface area contributed by atoms with Crippen LogP contribution in [0.1, 0.15) is 37.0 Å². The highest BCUT2D eigenvalue weighted by molar-refractivity contribution is 5.90. The summed E-state index contributed by atoms with van der Waals surface area (Å²) in [6, 6.07) is 28.7. The van der Waals surface area contributed by atoms with E-state index in [1.807, 2.05) is 91.0 Å². The molecule has 0 heterocycles. The Kier molecular flexibility index (Phi) is 10.0. The van der Waals surface area contributed by atoms with E-state index in [4.69, 9.17) is 18.9 Å². The molecule has 4 rings (SSSR count). The number of esters is 1. The molecule has 0 radical (unpaired) electrons. The lowest BCUT2D eigenvalue weighted by Crippen LogP contribution is -2.70. The van der Waals surface area contributed by atoms with Gasteiger partial charge in [-0.1, -0.05) is 91.0 Å². The molecule has 0 saturated heterocycles.